The van der Waals surface area contributed by atoms with Crippen molar-refractivity contribution in [3.8, 4) is 5.75 Å². The highest BCUT2D eigenvalue weighted by molar-refractivity contribution is 9.10. The molecule has 0 aromatic heterocycles. The van der Waals surface area contributed by atoms with E-state index in [0.717, 1.165) is 10.0 Å². The van der Waals surface area contributed by atoms with Gasteiger partial charge in [0.15, 0.2) is 0 Å². The molecule has 2 aromatic rings. The summed E-state index contributed by atoms with van der Waals surface area (Å²) in [6, 6.07) is 11.2. The van der Waals surface area contributed by atoms with Gasteiger partial charge in [0.25, 0.3) is 0 Å². The molecule has 2 rings (SSSR count). The lowest BCUT2D eigenvalue weighted by Crippen LogP contribution is -2.08. The number of methoxy groups -OCH3 is 1. The Bertz CT molecular complexity index is 668. The van der Waals surface area contributed by atoms with E-state index in [2.05, 4.69) is 21.2 Å². The predicted molar refractivity (Wildman–Crippen MR) is 84.8 cm³/mol. The Balaban J connectivity index is 2.08. The minimum Gasteiger partial charge on any atom is -0.495 e. The van der Waals surface area contributed by atoms with Gasteiger partial charge in [-0.1, -0.05) is 28.1 Å². The van der Waals surface area contributed by atoms with Crippen molar-refractivity contribution in [1.29, 1.82) is 0 Å². The summed E-state index contributed by atoms with van der Waals surface area (Å²) in [5.41, 5.74) is 1.31. The molecule has 1 N–H and O–H groups in total. The summed E-state index contributed by atoms with van der Waals surface area (Å²) >= 11 is 3.34. The van der Waals surface area contributed by atoms with E-state index in [9.17, 15) is 9.18 Å². The van der Waals surface area contributed by atoms with Crippen LogP contribution in [0.1, 0.15) is 5.56 Å². The molecule has 0 atom stereocenters. The van der Waals surface area contributed by atoms with Crippen molar-refractivity contribution in [1.82, 2.24) is 0 Å². The maximum Gasteiger partial charge on any atom is 0.248 e. The second kappa shape index (κ2) is 7.04. The molecule has 0 unspecified atom stereocenters. The van der Waals surface area contributed by atoms with Gasteiger partial charge in [-0.15, -0.1) is 0 Å². The van der Waals surface area contributed by atoms with Crippen LogP contribution in [-0.2, 0) is 4.79 Å². The number of anilines is 1. The van der Waals surface area contributed by atoms with E-state index < -0.39 is 0 Å². The molecule has 1 amide bonds. The molecular formula is C16H13BrFNO2. The molecule has 3 nitrogen and oxygen atoms in total. The van der Waals surface area contributed by atoms with Crippen molar-refractivity contribution >= 4 is 33.6 Å². The average molecular weight is 350 g/mol. The molecule has 5 heteroatoms. The summed E-state index contributed by atoms with van der Waals surface area (Å²) in [7, 11) is 1.53. The SMILES string of the molecule is COc1ccc(Br)cc1NC(=O)C=Cc1ccc(F)cc1. The fraction of sp³-hybridized carbons (Fsp3) is 0.0625. The lowest BCUT2D eigenvalue weighted by Gasteiger charge is -2.09. The number of carbonyl (C=O) groups excluding carboxylic acids is 1. The highest BCUT2D eigenvalue weighted by Crippen LogP contribution is 2.27. The van der Waals surface area contributed by atoms with Crippen LogP contribution < -0.4 is 10.1 Å². The minimum atomic E-state index is -0.310. The number of amides is 1. The van der Waals surface area contributed by atoms with Gasteiger partial charge in [-0.2, -0.15) is 0 Å². The molecule has 0 aliphatic carbocycles. The van der Waals surface area contributed by atoms with Gasteiger partial charge in [-0.25, -0.2) is 4.39 Å². The fourth-order valence-electron chi connectivity index (χ4n) is 1.70. The quantitative estimate of drug-likeness (QED) is 0.838. The van der Waals surface area contributed by atoms with Crippen molar-refractivity contribution < 1.29 is 13.9 Å². The van der Waals surface area contributed by atoms with Gasteiger partial charge in [0.05, 0.1) is 12.8 Å². The molecule has 21 heavy (non-hydrogen) atoms. The van der Waals surface area contributed by atoms with Gasteiger partial charge < -0.3 is 10.1 Å². The Labute approximate surface area is 130 Å². The number of halogens is 2. The monoisotopic (exact) mass is 349 g/mol. The van der Waals surface area contributed by atoms with Crippen LogP contribution >= 0.6 is 15.9 Å². The number of benzene rings is 2. The number of hydrogen-bond acceptors (Lipinski definition) is 2. The fourth-order valence-corrected chi connectivity index (χ4v) is 2.06. The Morgan fingerprint density at radius 2 is 1.95 bits per heavy atom. The van der Waals surface area contributed by atoms with E-state index in [1.54, 1.807) is 30.3 Å². The Kier molecular flexibility index (Phi) is 5.11. The molecule has 0 fully saturated rings. The van der Waals surface area contributed by atoms with Crippen molar-refractivity contribution in [2.45, 2.75) is 0 Å². The van der Waals surface area contributed by atoms with Crippen LogP contribution in [0.15, 0.2) is 53.0 Å². The molecule has 0 aliphatic heterocycles. The molecule has 0 heterocycles. The molecule has 0 radical (unpaired) electrons. The summed E-state index contributed by atoms with van der Waals surface area (Å²) in [6.07, 6.45) is 2.99. The topological polar surface area (TPSA) is 38.3 Å². The number of ether oxygens (including phenoxy) is 1. The second-order valence-electron chi connectivity index (χ2n) is 4.22. The number of rotatable bonds is 4. The largest absolute Gasteiger partial charge is 0.495 e. The summed E-state index contributed by atoms with van der Waals surface area (Å²) < 4.78 is 18.8. The summed E-state index contributed by atoms with van der Waals surface area (Å²) in [6.45, 7) is 0. The van der Waals surface area contributed by atoms with Crippen LogP contribution in [-0.4, -0.2) is 13.0 Å². The van der Waals surface area contributed by atoms with E-state index in [-0.39, 0.29) is 11.7 Å². The van der Waals surface area contributed by atoms with Crippen LogP contribution in [0.4, 0.5) is 10.1 Å². The van der Waals surface area contributed by atoms with Gasteiger partial charge >= 0.3 is 0 Å². The van der Waals surface area contributed by atoms with Gasteiger partial charge in [-0.05, 0) is 42.0 Å². The first-order valence-electron chi connectivity index (χ1n) is 6.16. The number of nitrogens with one attached hydrogen (secondary N) is 1. The first-order valence-corrected chi connectivity index (χ1v) is 6.96. The van der Waals surface area contributed by atoms with Crippen molar-refractivity contribution in [3.63, 3.8) is 0 Å². The first-order chi connectivity index (χ1) is 10.1. The lowest BCUT2D eigenvalue weighted by atomic mass is 10.2. The van der Waals surface area contributed by atoms with E-state index in [0.29, 0.717) is 11.4 Å². The molecule has 0 spiro atoms. The maximum atomic E-state index is 12.8. The van der Waals surface area contributed by atoms with E-state index in [1.165, 1.54) is 25.3 Å². The first kappa shape index (κ1) is 15.3. The van der Waals surface area contributed by atoms with Gasteiger partial charge in [0, 0.05) is 10.5 Å². The van der Waals surface area contributed by atoms with Crippen molar-refractivity contribution in [3.05, 3.63) is 64.4 Å². The molecule has 2 aromatic carbocycles. The third kappa shape index (κ3) is 4.43. The maximum absolute atomic E-state index is 12.8. The summed E-state index contributed by atoms with van der Waals surface area (Å²) in [4.78, 5) is 11.9. The van der Waals surface area contributed by atoms with E-state index in [4.69, 9.17) is 4.74 Å². The summed E-state index contributed by atoms with van der Waals surface area (Å²) in [5, 5.41) is 2.73. The number of hydrogen-bond donors (Lipinski definition) is 1. The molecular weight excluding hydrogens is 337 g/mol. The zero-order valence-corrected chi connectivity index (χ0v) is 12.9. The molecule has 0 bridgehead atoms. The standard InChI is InChI=1S/C16H13BrFNO2/c1-21-15-8-5-12(17)10-14(15)19-16(20)9-4-11-2-6-13(18)7-3-11/h2-10H,1H3,(H,19,20). The van der Waals surface area contributed by atoms with Crippen molar-refractivity contribution in [2.75, 3.05) is 12.4 Å². The third-order valence-corrected chi connectivity index (χ3v) is 3.21. The van der Waals surface area contributed by atoms with Crippen LogP contribution in [0.5, 0.6) is 5.75 Å². The van der Waals surface area contributed by atoms with Crippen LogP contribution in [0.3, 0.4) is 0 Å². The average Bonchev–Trinajstić information content (AvgIpc) is 2.47. The Hall–Kier alpha value is -2.14. The highest BCUT2D eigenvalue weighted by atomic mass is 79.9. The number of carbonyl (C=O) groups is 1. The van der Waals surface area contributed by atoms with Crippen LogP contribution in [0.25, 0.3) is 6.08 Å². The van der Waals surface area contributed by atoms with Crippen molar-refractivity contribution in [2.24, 2.45) is 0 Å². The molecule has 0 saturated heterocycles. The van der Waals surface area contributed by atoms with Crippen LogP contribution in [0.2, 0.25) is 0 Å². The zero-order chi connectivity index (χ0) is 15.2. The highest BCUT2D eigenvalue weighted by Gasteiger charge is 2.05. The minimum absolute atomic E-state index is 0.296. The Morgan fingerprint density at radius 3 is 2.62 bits per heavy atom. The van der Waals surface area contributed by atoms with E-state index in [1.807, 2.05) is 6.07 Å². The smallest absolute Gasteiger partial charge is 0.248 e. The van der Waals surface area contributed by atoms with E-state index >= 15 is 0 Å². The Morgan fingerprint density at radius 1 is 1.24 bits per heavy atom. The molecule has 108 valence electrons. The predicted octanol–water partition coefficient (Wildman–Crippen LogP) is 4.25. The third-order valence-electron chi connectivity index (χ3n) is 2.72. The summed E-state index contributed by atoms with van der Waals surface area (Å²) in [5.74, 6) is -0.0343. The van der Waals surface area contributed by atoms with Gasteiger partial charge in [0.2, 0.25) is 5.91 Å². The van der Waals surface area contributed by atoms with Crippen LogP contribution in [0, 0.1) is 5.82 Å². The lowest BCUT2D eigenvalue weighted by molar-refractivity contribution is -0.111. The molecule has 0 saturated carbocycles. The second-order valence-corrected chi connectivity index (χ2v) is 5.13. The van der Waals surface area contributed by atoms with Gasteiger partial charge in [-0.3, -0.25) is 4.79 Å². The normalized spacial score (nSPS) is 10.6. The van der Waals surface area contributed by atoms with Gasteiger partial charge in [0.1, 0.15) is 11.6 Å². The molecule has 0 aliphatic rings. The zero-order valence-electron chi connectivity index (χ0n) is 11.3.